The molecule has 0 saturated heterocycles. The molecule has 0 aliphatic carbocycles. The Morgan fingerprint density at radius 3 is 2.22 bits per heavy atom. The summed E-state index contributed by atoms with van der Waals surface area (Å²) in [4.78, 5) is 7.05. The van der Waals surface area contributed by atoms with Crippen LogP contribution in [0.3, 0.4) is 0 Å². The lowest BCUT2D eigenvalue weighted by atomic mass is 10.2. The van der Waals surface area contributed by atoms with Crippen LogP contribution in [0.15, 0.2) is 30.5 Å². The number of hydrogen-bond acceptors (Lipinski definition) is 3. The summed E-state index contributed by atoms with van der Waals surface area (Å²) in [6.45, 7) is 0. The van der Waals surface area contributed by atoms with E-state index >= 15 is 0 Å². The number of rotatable bonds is 1. The van der Waals surface area contributed by atoms with Crippen LogP contribution >= 0.6 is 0 Å². The van der Waals surface area contributed by atoms with E-state index in [1.54, 1.807) is 0 Å². The Labute approximate surface area is 99.3 Å². The van der Waals surface area contributed by atoms with E-state index in [1.165, 1.54) is 12.1 Å². The Morgan fingerprint density at radius 2 is 1.67 bits per heavy atom. The fraction of sp³-hybridized carbons (Fsp3) is 0.0909. The molecule has 18 heavy (non-hydrogen) atoms. The average Bonchev–Trinajstić information content (AvgIpc) is 2.29. The van der Waals surface area contributed by atoms with Gasteiger partial charge in [0.25, 0.3) is 0 Å². The molecule has 1 heterocycles. The maximum absolute atomic E-state index is 12.7. The molecule has 0 aliphatic heterocycles. The first kappa shape index (κ1) is 12.3. The number of hydrogen-bond donors (Lipinski definition) is 1. The zero-order valence-electron chi connectivity index (χ0n) is 8.87. The summed E-state index contributed by atoms with van der Waals surface area (Å²) in [6, 6.07) is 4.81. The predicted molar refractivity (Wildman–Crippen MR) is 56.8 cm³/mol. The minimum absolute atomic E-state index is 0.156. The van der Waals surface area contributed by atoms with Crippen molar-refractivity contribution in [2.45, 2.75) is 6.18 Å². The molecule has 2 aromatic rings. The first-order chi connectivity index (χ1) is 8.38. The fourth-order valence-corrected chi connectivity index (χ4v) is 1.36. The van der Waals surface area contributed by atoms with Crippen molar-refractivity contribution in [1.29, 1.82) is 0 Å². The fourth-order valence-electron chi connectivity index (χ4n) is 1.36. The molecule has 0 radical (unpaired) electrons. The first-order valence-corrected chi connectivity index (χ1v) is 4.83. The average molecular weight is 257 g/mol. The minimum Gasteiger partial charge on any atom is -0.396 e. The summed E-state index contributed by atoms with van der Waals surface area (Å²) in [6.07, 6.45) is -3.77. The van der Waals surface area contributed by atoms with Crippen LogP contribution in [-0.4, -0.2) is 9.97 Å². The predicted octanol–water partition coefficient (Wildman–Crippen LogP) is 2.88. The molecule has 0 amide bonds. The third-order valence-electron chi connectivity index (χ3n) is 2.19. The number of halogens is 4. The normalized spacial score (nSPS) is 11.6. The van der Waals surface area contributed by atoms with E-state index in [0.29, 0.717) is 0 Å². The van der Waals surface area contributed by atoms with Crippen LogP contribution in [0.25, 0.3) is 11.4 Å². The molecule has 1 aromatic heterocycles. The molecule has 7 heteroatoms. The second-order valence-electron chi connectivity index (χ2n) is 3.50. The Morgan fingerprint density at radius 1 is 1.06 bits per heavy atom. The van der Waals surface area contributed by atoms with E-state index in [4.69, 9.17) is 5.73 Å². The number of aromatic nitrogens is 2. The monoisotopic (exact) mass is 257 g/mol. The molecule has 0 unspecified atom stereocenters. The molecule has 0 bridgehead atoms. The standard InChI is InChI=1S/C11H7F4N3/c12-7-3-1-6(2-4-7)10-17-5-8(16)9(18-10)11(13,14)15/h1-5H,16H2. The van der Waals surface area contributed by atoms with E-state index in [1.807, 2.05) is 0 Å². The van der Waals surface area contributed by atoms with Gasteiger partial charge in [-0.1, -0.05) is 0 Å². The van der Waals surface area contributed by atoms with Crippen LogP contribution in [0.1, 0.15) is 5.69 Å². The molecule has 0 spiro atoms. The van der Waals surface area contributed by atoms with Gasteiger partial charge < -0.3 is 5.73 Å². The van der Waals surface area contributed by atoms with Gasteiger partial charge in [0, 0.05) is 5.56 Å². The number of nitrogens with two attached hydrogens (primary N) is 1. The van der Waals surface area contributed by atoms with Crippen molar-refractivity contribution < 1.29 is 17.6 Å². The van der Waals surface area contributed by atoms with Crippen molar-refractivity contribution in [1.82, 2.24) is 9.97 Å². The van der Waals surface area contributed by atoms with Gasteiger partial charge >= 0.3 is 6.18 Å². The molecule has 94 valence electrons. The van der Waals surface area contributed by atoms with Gasteiger partial charge in [-0.2, -0.15) is 13.2 Å². The van der Waals surface area contributed by atoms with Crippen LogP contribution in [0.5, 0.6) is 0 Å². The molecular weight excluding hydrogens is 250 g/mol. The van der Waals surface area contributed by atoms with Gasteiger partial charge in [0.05, 0.1) is 11.9 Å². The van der Waals surface area contributed by atoms with Crippen molar-refractivity contribution in [2.75, 3.05) is 5.73 Å². The molecule has 1 aromatic carbocycles. The molecule has 3 nitrogen and oxygen atoms in total. The van der Waals surface area contributed by atoms with Crippen LogP contribution < -0.4 is 5.73 Å². The zero-order valence-corrected chi connectivity index (χ0v) is 8.87. The lowest BCUT2D eigenvalue weighted by Gasteiger charge is -2.09. The van der Waals surface area contributed by atoms with Gasteiger partial charge in [-0.05, 0) is 24.3 Å². The van der Waals surface area contributed by atoms with Gasteiger partial charge in [0.15, 0.2) is 11.5 Å². The van der Waals surface area contributed by atoms with Crippen LogP contribution in [-0.2, 0) is 6.18 Å². The third-order valence-corrected chi connectivity index (χ3v) is 2.19. The lowest BCUT2D eigenvalue weighted by Crippen LogP contribution is -2.13. The quantitative estimate of drug-likeness (QED) is 0.799. The topological polar surface area (TPSA) is 51.8 Å². The zero-order chi connectivity index (χ0) is 13.3. The molecule has 0 fully saturated rings. The van der Waals surface area contributed by atoms with E-state index in [-0.39, 0.29) is 11.4 Å². The smallest absolute Gasteiger partial charge is 0.396 e. The molecule has 0 aliphatic rings. The number of nitrogens with zero attached hydrogens (tertiary/aromatic N) is 2. The van der Waals surface area contributed by atoms with Crippen molar-refractivity contribution in [3.05, 3.63) is 42.0 Å². The number of benzene rings is 1. The second-order valence-corrected chi connectivity index (χ2v) is 3.50. The van der Waals surface area contributed by atoms with Crippen LogP contribution in [0.2, 0.25) is 0 Å². The SMILES string of the molecule is Nc1cnc(-c2ccc(F)cc2)nc1C(F)(F)F. The Hall–Kier alpha value is -2.18. The van der Waals surface area contributed by atoms with E-state index in [0.717, 1.165) is 18.3 Å². The summed E-state index contributed by atoms with van der Waals surface area (Å²) < 4.78 is 50.4. The summed E-state index contributed by atoms with van der Waals surface area (Å²) >= 11 is 0. The van der Waals surface area contributed by atoms with Crippen molar-refractivity contribution in [3.8, 4) is 11.4 Å². The van der Waals surface area contributed by atoms with Gasteiger partial charge in [-0.25, -0.2) is 14.4 Å². The van der Waals surface area contributed by atoms with E-state index in [2.05, 4.69) is 9.97 Å². The van der Waals surface area contributed by atoms with Gasteiger partial charge in [0.1, 0.15) is 5.82 Å². The Balaban J connectivity index is 2.50. The van der Waals surface area contributed by atoms with Gasteiger partial charge in [-0.15, -0.1) is 0 Å². The Bertz CT molecular complexity index is 563. The molecule has 0 atom stereocenters. The van der Waals surface area contributed by atoms with Crippen LogP contribution in [0, 0.1) is 5.82 Å². The largest absolute Gasteiger partial charge is 0.435 e. The lowest BCUT2D eigenvalue weighted by molar-refractivity contribution is -0.140. The molecular formula is C11H7F4N3. The molecule has 2 N–H and O–H groups in total. The van der Waals surface area contributed by atoms with E-state index in [9.17, 15) is 17.6 Å². The third kappa shape index (κ3) is 2.39. The Kier molecular flexibility index (Phi) is 2.90. The van der Waals surface area contributed by atoms with E-state index < -0.39 is 23.4 Å². The highest BCUT2D eigenvalue weighted by Gasteiger charge is 2.35. The van der Waals surface area contributed by atoms with Crippen molar-refractivity contribution in [3.63, 3.8) is 0 Å². The number of anilines is 1. The van der Waals surface area contributed by atoms with Crippen LogP contribution in [0.4, 0.5) is 23.2 Å². The van der Waals surface area contributed by atoms with Crippen molar-refractivity contribution >= 4 is 5.69 Å². The minimum atomic E-state index is -4.65. The highest BCUT2D eigenvalue weighted by atomic mass is 19.4. The van der Waals surface area contributed by atoms with Gasteiger partial charge in [0.2, 0.25) is 0 Å². The number of nitrogen functional groups attached to an aromatic ring is 1. The number of alkyl halides is 3. The maximum Gasteiger partial charge on any atom is 0.435 e. The second kappa shape index (κ2) is 4.25. The van der Waals surface area contributed by atoms with Gasteiger partial charge in [-0.3, -0.25) is 0 Å². The first-order valence-electron chi connectivity index (χ1n) is 4.83. The summed E-state index contributed by atoms with van der Waals surface area (Å²) in [5.74, 6) is -0.651. The molecule has 2 rings (SSSR count). The summed E-state index contributed by atoms with van der Waals surface area (Å²) in [5.41, 5.74) is 3.71. The highest BCUT2D eigenvalue weighted by Crippen LogP contribution is 2.32. The van der Waals surface area contributed by atoms with Crippen molar-refractivity contribution in [2.24, 2.45) is 0 Å². The highest BCUT2D eigenvalue weighted by molar-refractivity contribution is 5.57. The molecule has 0 saturated carbocycles. The summed E-state index contributed by atoms with van der Waals surface area (Å²) in [7, 11) is 0. The maximum atomic E-state index is 12.7. The summed E-state index contributed by atoms with van der Waals surface area (Å²) in [5, 5.41) is 0.